The van der Waals surface area contributed by atoms with E-state index >= 15 is 0 Å². The van der Waals surface area contributed by atoms with Gasteiger partial charge in [0.1, 0.15) is 0 Å². The van der Waals surface area contributed by atoms with Crippen molar-refractivity contribution in [3.05, 3.63) is 29.8 Å². The van der Waals surface area contributed by atoms with Crippen LogP contribution in [0.1, 0.15) is 24.8 Å². The zero-order valence-electron chi connectivity index (χ0n) is 9.78. The van der Waals surface area contributed by atoms with Crippen LogP contribution in [0.15, 0.2) is 24.3 Å². The molecule has 1 fully saturated rings. The Kier molecular flexibility index (Phi) is 2.83. The molecule has 0 amide bonds. The molecule has 16 heavy (non-hydrogen) atoms. The van der Waals surface area contributed by atoms with Gasteiger partial charge >= 0.3 is 0 Å². The van der Waals surface area contributed by atoms with Crippen molar-refractivity contribution in [2.45, 2.75) is 31.7 Å². The van der Waals surface area contributed by atoms with Gasteiger partial charge in [-0.2, -0.15) is 0 Å². The molecule has 0 saturated carbocycles. The molecule has 2 heterocycles. The van der Waals surface area contributed by atoms with E-state index in [0.717, 1.165) is 12.6 Å². The van der Waals surface area contributed by atoms with Gasteiger partial charge in [0.15, 0.2) is 0 Å². The third-order valence-electron chi connectivity index (χ3n) is 3.91. The van der Waals surface area contributed by atoms with Crippen molar-refractivity contribution < 1.29 is 0 Å². The summed E-state index contributed by atoms with van der Waals surface area (Å²) in [4.78, 5) is 2.67. The van der Waals surface area contributed by atoms with Gasteiger partial charge in [-0.1, -0.05) is 24.6 Å². The van der Waals surface area contributed by atoms with Gasteiger partial charge in [0, 0.05) is 18.3 Å². The van der Waals surface area contributed by atoms with Gasteiger partial charge in [0.2, 0.25) is 0 Å². The molecule has 0 spiro atoms. The number of para-hydroxylation sites is 1. The summed E-state index contributed by atoms with van der Waals surface area (Å²) in [5.41, 5.74) is 2.83. The van der Waals surface area contributed by atoms with E-state index in [4.69, 9.17) is 0 Å². The summed E-state index contributed by atoms with van der Waals surface area (Å²) in [5.74, 6) is 0. The van der Waals surface area contributed by atoms with E-state index in [1.54, 1.807) is 0 Å². The fourth-order valence-corrected chi connectivity index (χ4v) is 2.97. The van der Waals surface area contributed by atoms with Crippen LogP contribution < -0.4 is 5.32 Å². The van der Waals surface area contributed by atoms with Gasteiger partial charge in [0.25, 0.3) is 0 Å². The van der Waals surface area contributed by atoms with E-state index in [-0.39, 0.29) is 0 Å². The molecule has 0 aliphatic carbocycles. The Morgan fingerprint density at radius 2 is 1.88 bits per heavy atom. The molecule has 0 radical (unpaired) electrons. The first-order chi connectivity index (χ1) is 7.93. The lowest BCUT2D eigenvalue weighted by Gasteiger charge is -2.37. The summed E-state index contributed by atoms with van der Waals surface area (Å²) >= 11 is 0. The highest BCUT2D eigenvalue weighted by atomic mass is 15.2. The Morgan fingerprint density at radius 1 is 1.06 bits per heavy atom. The van der Waals surface area contributed by atoms with E-state index in [2.05, 4.69) is 34.5 Å². The minimum absolute atomic E-state index is 0.718. The zero-order valence-corrected chi connectivity index (χ0v) is 9.78. The van der Waals surface area contributed by atoms with Gasteiger partial charge in [0.05, 0.1) is 0 Å². The number of hydrogen-bond donors (Lipinski definition) is 1. The Balaban J connectivity index is 1.72. The fraction of sp³-hybridized carbons (Fsp3) is 0.571. The lowest BCUT2D eigenvalue weighted by atomic mass is 9.97. The van der Waals surface area contributed by atoms with Crippen LogP contribution >= 0.6 is 0 Å². The number of anilines is 1. The first-order valence-electron chi connectivity index (χ1n) is 6.49. The maximum Gasteiger partial charge on any atom is 0.0373 e. The minimum Gasteiger partial charge on any atom is -0.383 e. The molecule has 1 atom stereocenters. The number of piperidine rings is 1. The molecule has 86 valence electrons. The molecule has 2 nitrogen and oxygen atoms in total. The first kappa shape index (κ1) is 10.2. The van der Waals surface area contributed by atoms with Crippen molar-refractivity contribution in [3.63, 3.8) is 0 Å². The number of likely N-dealkylation sites (tertiary alicyclic amines) is 1. The fourth-order valence-electron chi connectivity index (χ4n) is 2.97. The summed E-state index contributed by atoms with van der Waals surface area (Å²) in [6.45, 7) is 3.72. The molecule has 1 N–H and O–H groups in total. The monoisotopic (exact) mass is 216 g/mol. The van der Waals surface area contributed by atoms with Gasteiger partial charge in [-0.3, -0.25) is 4.90 Å². The molecule has 1 aromatic rings. The topological polar surface area (TPSA) is 15.3 Å². The van der Waals surface area contributed by atoms with Crippen molar-refractivity contribution in [3.8, 4) is 0 Å². The Bertz CT molecular complexity index is 356. The molecule has 2 heteroatoms. The average molecular weight is 216 g/mol. The van der Waals surface area contributed by atoms with Gasteiger partial charge in [-0.15, -0.1) is 0 Å². The second kappa shape index (κ2) is 4.46. The highest BCUT2D eigenvalue weighted by Crippen LogP contribution is 2.25. The predicted molar refractivity (Wildman–Crippen MR) is 67.8 cm³/mol. The van der Waals surface area contributed by atoms with Crippen LogP contribution in [0.4, 0.5) is 5.69 Å². The number of nitrogens with zero attached hydrogens (tertiary/aromatic N) is 1. The summed E-state index contributed by atoms with van der Waals surface area (Å²) in [5, 5.41) is 3.57. The van der Waals surface area contributed by atoms with E-state index < -0.39 is 0 Å². The van der Waals surface area contributed by atoms with Crippen LogP contribution in [0.2, 0.25) is 0 Å². The van der Waals surface area contributed by atoms with E-state index in [1.807, 2.05) is 0 Å². The Hall–Kier alpha value is -1.02. The molecule has 2 aliphatic rings. The number of nitrogens with one attached hydrogen (secondary N) is 1. The molecule has 0 aromatic heterocycles. The maximum atomic E-state index is 3.57. The van der Waals surface area contributed by atoms with Gasteiger partial charge < -0.3 is 5.32 Å². The average Bonchev–Trinajstić information content (AvgIpc) is 2.39. The minimum atomic E-state index is 0.718. The zero-order chi connectivity index (χ0) is 10.8. The largest absolute Gasteiger partial charge is 0.383 e. The highest BCUT2D eigenvalue weighted by Gasteiger charge is 2.24. The van der Waals surface area contributed by atoms with Crippen LogP contribution in [0, 0.1) is 0 Å². The van der Waals surface area contributed by atoms with E-state index in [1.165, 1.54) is 50.0 Å². The normalized spacial score (nSPS) is 25.9. The van der Waals surface area contributed by atoms with E-state index in [0.29, 0.717) is 0 Å². The number of benzene rings is 1. The molecule has 1 aromatic carbocycles. The second-order valence-electron chi connectivity index (χ2n) is 4.99. The van der Waals surface area contributed by atoms with Crippen molar-refractivity contribution in [2.75, 3.05) is 25.0 Å². The quantitative estimate of drug-likeness (QED) is 0.776. The van der Waals surface area contributed by atoms with E-state index in [9.17, 15) is 0 Å². The van der Waals surface area contributed by atoms with Crippen LogP contribution in [-0.2, 0) is 6.42 Å². The van der Waals surface area contributed by atoms with Crippen LogP contribution in [0.3, 0.4) is 0 Å². The molecule has 1 saturated heterocycles. The number of fused-ring (bicyclic) bond motifs is 1. The number of rotatable bonds is 1. The van der Waals surface area contributed by atoms with Crippen molar-refractivity contribution in [2.24, 2.45) is 0 Å². The molecule has 0 bridgehead atoms. The van der Waals surface area contributed by atoms with Crippen LogP contribution in [0.25, 0.3) is 0 Å². The molecule has 1 unspecified atom stereocenters. The SMILES string of the molecule is c1ccc2c(c1)CC(N1CCCCC1)CN2. The highest BCUT2D eigenvalue weighted by molar-refractivity contribution is 5.53. The Morgan fingerprint density at radius 3 is 2.75 bits per heavy atom. The lowest BCUT2D eigenvalue weighted by molar-refractivity contribution is 0.166. The molecular weight excluding hydrogens is 196 g/mol. The number of hydrogen-bond acceptors (Lipinski definition) is 2. The van der Waals surface area contributed by atoms with Crippen molar-refractivity contribution in [1.29, 1.82) is 0 Å². The van der Waals surface area contributed by atoms with Gasteiger partial charge in [-0.25, -0.2) is 0 Å². The van der Waals surface area contributed by atoms with Crippen LogP contribution in [-0.4, -0.2) is 30.6 Å². The van der Waals surface area contributed by atoms with Gasteiger partial charge in [-0.05, 0) is 44.0 Å². The second-order valence-corrected chi connectivity index (χ2v) is 4.99. The smallest absolute Gasteiger partial charge is 0.0373 e. The summed E-state index contributed by atoms with van der Waals surface area (Å²) in [6.07, 6.45) is 5.42. The standard InChI is InChI=1S/C14H20N2/c1-4-8-16(9-5-1)13-10-12-6-2-3-7-14(12)15-11-13/h2-3,6-7,13,15H,1,4-5,8-11H2. The molecule has 2 aliphatic heterocycles. The third-order valence-corrected chi connectivity index (χ3v) is 3.91. The maximum absolute atomic E-state index is 3.57. The molecule has 3 rings (SSSR count). The predicted octanol–water partition coefficient (Wildman–Crippen LogP) is 2.51. The lowest BCUT2D eigenvalue weighted by Crippen LogP contribution is -2.46. The summed E-state index contributed by atoms with van der Waals surface area (Å²) < 4.78 is 0. The molecular formula is C14H20N2. The summed E-state index contributed by atoms with van der Waals surface area (Å²) in [6, 6.07) is 9.45. The summed E-state index contributed by atoms with van der Waals surface area (Å²) in [7, 11) is 0. The van der Waals surface area contributed by atoms with Crippen molar-refractivity contribution >= 4 is 5.69 Å². The third kappa shape index (κ3) is 1.94. The Labute approximate surface area is 97.6 Å². The first-order valence-corrected chi connectivity index (χ1v) is 6.49. The van der Waals surface area contributed by atoms with Crippen molar-refractivity contribution in [1.82, 2.24) is 4.90 Å². The van der Waals surface area contributed by atoms with Crippen LogP contribution in [0.5, 0.6) is 0 Å².